The van der Waals surface area contributed by atoms with Crippen molar-refractivity contribution in [1.82, 2.24) is 9.80 Å². The van der Waals surface area contributed by atoms with Crippen molar-refractivity contribution in [3.05, 3.63) is 66.4 Å². The molecule has 0 spiro atoms. The predicted molar refractivity (Wildman–Crippen MR) is 101 cm³/mol. The van der Waals surface area contributed by atoms with Gasteiger partial charge in [0.25, 0.3) is 0 Å². The number of hydrogen-bond acceptors (Lipinski definition) is 3. The average Bonchev–Trinajstić information content (AvgIpc) is 2.53. The van der Waals surface area contributed by atoms with Crippen molar-refractivity contribution in [2.75, 3.05) is 28.2 Å². The molecule has 0 aliphatic carbocycles. The van der Waals surface area contributed by atoms with Crippen LogP contribution in [0, 0.1) is 0 Å². The summed E-state index contributed by atoms with van der Waals surface area (Å²) in [7, 11) is 7.90. The maximum absolute atomic E-state index is 5.83. The Bertz CT molecular complexity index is 676. The third kappa shape index (κ3) is 4.83. The minimum atomic E-state index is 0.801. The summed E-state index contributed by atoms with van der Waals surface area (Å²) in [5.74, 6) is 1.63. The third-order valence-corrected chi connectivity index (χ3v) is 3.75. The first kappa shape index (κ1) is 17.0. The maximum atomic E-state index is 5.83. The molecule has 0 amide bonds. The summed E-state index contributed by atoms with van der Waals surface area (Å²) in [6.45, 7) is 0. The summed E-state index contributed by atoms with van der Waals surface area (Å²) in [6, 6.07) is 17.7. The van der Waals surface area contributed by atoms with Gasteiger partial charge in [-0.2, -0.15) is 0 Å². The molecule has 3 nitrogen and oxygen atoms in total. The van der Waals surface area contributed by atoms with Crippen molar-refractivity contribution in [3.8, 4) is 11.5 Å². The van der Waals surface area contributed by atoms with Crippen molar-refractivity contribution >= 4 is 22.8 Å². The second kappa shape index (κ2) is 7.79. The number of rotatable bonds is 5. The SMILES string of the molecule is CN(C)C=C(C(=S)N(C)C)c1ccc(Oc2ccccc2)cc1. The fourth-order valence-electron chi connectivity index (χ4n) is 2.08. The van der Waals surface area contributed by atoms with Crippen LogP contribution in [-0.4, -0.2) is 43.0 Å². The standard InChI is InChI=1S/C19H22N2OS/c1-20(2)14-18(19(23)21(3)4)15-10-12-17(13-11-15)22-16-8-6-5-7-9-16/h5-14H,1-4H3. The predicted octanol–water partition coefficient (Wildman–Crippen LogP) is 4.27. The lowest BCUT2D eigenvalue weighted by molar-refractivity contribution is 0.482. The van der Waals surface area contributed by atoms with Crippen LogP contribution >= 0.6 is 12.2 Å². The van der Waals surface area contributed by atoms with Crippen molar-refractivity contribution in [2.45, 2.75) is 0 Å². The molecule has 0 heterocycles. The molecule has 0 bridgehead atoms. The molecule has 0 saturated heterocycles. The first-order valence-electron chi connectivity index (χ1n) is 7.40. The van der Waals surface area contributed by atoms with Crippen LogP contribution in [-0.2, 0) is 0 Å². The van der Waals surface area contributed by atoms with E-state index in [4.69, 9.17) is 17.0 Å². The van der Waals surface area contributed by atoms with Crippen LogP contribution in [0.25, 0.3) is 5.57 Å². The quantitative estimate of drug-likeness (QED) is 0.602. The summed E-state index contributed by atoms with van der Waals surface area (Å²) in [4.78, 5) is 4.74. The highest BCUT2D eigenvalue weighted by atomic mass is 32.1. The monoisotopic (exact) mass is 326 g/mol. The van der Waals surface area contributed by atoms with E-state index in [0.29, 0.717) is 0 Å². The maximum Gasteiger partial charge on any atom is 0.127 e. The van der Waals surface area contributed by atoms with E-state index in [0.717, 1.165) is 27.6 Å². The highest BCUT2D eigenvalue weighted by molar-refractivity contribution is 7.81. The van der Waals surface area contributed by atoms with Crippen molar-refractivity contribution in [1.29, 1.82) is 0 Å². The van der Waals surface area contributed by atoms with Crippen LogP contribution in [0.4, 0.5) is 0 Å². The Balaban J connectivity index is 2.24. The lowest BCUT2D eigenvalue weighted by Crippen LogP contribution is -2.22. The highest BCUT2D eigenvalue weighted by Gasteiger charge is 2.11. The van der Waals surface area contributed by atoms with Gasteiger partial charge >= 0.3 is 0 Å². The number of likely N-dealkylation sites (N-methyl/N-ethyl adjacent to an activating group) is 1. The molecule has 0 N–H and O–H groups in total. The molecule has 0 aliphatic heterocycles. The second-order valence-electron chi connectivity index (χ2n) is 5.65. The smallest absolute Gasteiger partial charge is 0.127 e. The molecule has 0 aliphatic rings. The first-order chi connectivity index (χ1) is 11.0. The minimum absolute atomic E-state index is 0.801. The van der Waals surface area contributed by atoms with Gasteiger partial charge in [-0.25, -0.2) is 0 Å². The Kier molecular flexibility index (Phi) is 5.77. The molecule has 0 fully saturated rings. The fraction of sp³-hybridized carbons (Fsp3) is 0.211. The van der Waals surface area contributed by atoms with Gasteiger partial charge in [-0.15, -0.1) is 0 Å². The van der Waals surface area contributed by atoms with E-state index in [1.54, 1.807) is 0 Å². The molecule has 0 saturated carbocycles. The van der Waals surface area contributed by atoms with Crippen LogP contribution < -0.4 is 4.74 Å². The van der Waals surface area contributed by atoms with Gasteiger partial charge < -0.3 is 14.5 Å². The van der Waals surface area contributed by atoms with Gasteiger partial charge in [0, 0.05) is 40.0 Å². The molecule has 2 aromatic rings. The Morgan fingerprint density at radius 1 is 0.870 bits per heavy atom. The summed E-state index contributed by atoms with van der Waals surface area (Å²) in [6.07, 6.45) is 2.04. The lowest BCUT2D eigenvalue weighted by atomic mass is 10.1. The Hall–Kier alpha value is -2.33. The summed E-state index contributed by atoms with van der Waals surface area (Å²) in [5, 5.41) is 0. The van der Waals surface area contributed by atoms with Crippen LogP contribution in [0.15, 0.2) is 60.8 Å². The molecule has 4 heteroatoms. The van der Waals surface area contributed by atoms with Crippen LogP contribution in [0.1, 0.15) is 5.56 Å². The van der Waals surface area contributed by atoms with E-state index in [1.807, 2.05) is 98.8 Å². The number of benzene rings is 2. The zero-order chi connectivity index (χ0) is 16.8. The molecule has 2 aromatic carbocycles. The van der Waals surface area contributed by atoms with Gasteiger partial charge in [0.15, 0.2) is 0 Å². The van der Waals surface area contributed by atoms with Crippen LogP contribution in [0.5, 0.6) is 11.5 Å². The van der Waals surface area contributed by atoms with E-state index >= 15 is 0 Å². The number of hydrogen-bond donors (Lipinski definition) is 0. The van der Waals surface area contributed by atoms with Gasteiger partial charge in [-0.3, -0.25) is 0 Å². The highest BCUT2D eigenvalue weighted by Crippen LogP contribution is 2.25. The van der Waals surface area contributed by atoms with E-state index in [1.165, 1.54) is 0 Å². The van der Waals surface area contributed by atoms with Crippen molar-refractivity contribution < 1.29 is 4.74 Å². The molecule has 23 heavy (non-hydrogen) atoms. The van der Waals surface area contributed by atoms with E-state index in [2.05, 4.69) is 0 Å². The fourth-order valence-corrected chi connectivity index (χ4v) is 2.25. The zero-order valence-electron chi connectivity index (χ0n) is 14.0. The molecule has 0 unspecified atom stereocenters. The van der Waals surface area contributed by atoms with Gasteiger partial charge in [0.2, 0.25) is 0 Å². The van der Waals surface area contributed by atoms with E-state index < -0.39 is 0 Å². The largest absolute Gasteiger partial charge is 0.457 e. The third-order valence-electron chi connectivity index (χ3n) is 3.17. The zero-order valence-corrected chi connectivity index (χ0v) is 14.8. The normalized spacial score (nSPS) is 11.0. The molecule has 0 radical (unpaired) electrons. The Labute approximate surface area is 143 Å². The summed E-state index contributed by atoms with van der Waals surface area (Å²) in [5.41, 5.74) is 2.08. The lowest BCUT2D eigenvalue weighted by Gasteiger charge is -2.19. The van der Waals surface area contributed by atoms with Crippen molar-refractivity contribution in [2.24, 2.45) is 0 Å². The van der Waals surface area contributed by atoms with E-state index in [9.17, 15) is 0 Å². The average molecular weight is 326 g/mol. The van der Waals surface area contributed by atoms with Crippen LogP contribution in [0.2, 0.25) is 0 Å². The van der Waals surface area contributed by atoms with Crippen molar-refractivity contribution in [3.63, 3.8) is 0 Å². The van der Waals surface area contributed by atoms with E-state index in [-0.39, 0.29) is 0 Å². The van der Waals surface area contributed by atoms with Gasteiger partial charge in [0.1, 0.15) is 16.5 Å². The Morgan fingerprint density at radius 2 is 1.43 bits per heavy atom. The minimum Gasteiger partial charge on any atom is -0.457 e. The molecular weight excluding hydrogens is 304 g/mol. The van der Waals surface area contributed by atoms with Crippen LogP contribution in [0.3, 0.4) is 0 Å². The number of para-hydroxylation sites is 1. The summed E-state index contributed by atoms with van der Waals surface area (Å²) >= 11 is 5.54. The number of ether oxygens (including phenoxy) is 1. The molecular formula is C19H22N2OS. The summed E-state index contributed by atoms with van der Waals surface area (Å²) < 4.78 is 5.83. The topological polar surface area (TPSA) is 15.7 Å². The van der Waals surface area contributed by atoms with Gasteiger partial charge in [0.05, 0.1) is 0 Å². The molecule has 2 rings (SSSR count). The van der Waals surface area contributed by atoms with Gasteiger partial charge in [-0.1, -0.05) is 42.5 Å². The molecule has 0 atom stereocenters. The number of thiocarbonyl (C=S) groups is 1. The molecule has 120 valence electrons. The second-order valence-corrected chi connectivity index (χ2v) is 6.03. The molecule has 0 aromatic heterocycles. The number of nitrogens with zero attached hydrogens (tertiary/aromatic N) is 2. The Morgan fingerprint density at radius 3 is 1.96 bits per heavy atom. The van der Waals surface area contributed by atoms with Gasteiger partial charge in [-0.05, 0) is 29.8 Å². The first-order valence-corrected chi connectivity index (χ1v) is 7.81.